The van der Waals surface area contributed by atoms with Gasteiger partial charge in [0.15, 0.2) is 0 Å². The average molecular weight is 443 g/mol. The summed E-state index contributed by atoms with van der Waals surface area (Å²) in [5, 5.41) is 10.8. The fraction of sp³-hybridized carbons (Fsp3) is 0.500. The first kappa shape index (κ1) is 23.3. The molecule has 1 aliphatic rings. The molecule has 1 aliphatic heterocycles. The molecule has 2 heterocycles. The molecule has 7 heteroatoms. The molecule has 1 fully saturated rings. The third-order valence-electron chi connectivity index (χ3n) is 5.68. The number of carbonyl (C=O) groups is 2. The van der Waals surface area contributed by atoms with Gasteiger partial charge in [-0.25, -0.2) is 4.79 Å². The Labute approximate surface area is 189 Å². The van der Waals surface area contributed by atoms with Crippen LogP contribution in [-0.4, -0.2) is 42.5 Å². The Kier molecular flexibility index (Phi) is 8.49. The van der Waals surface area contributed by atoms with Gasteiger partial charge < -0.3 is 16.0 Å². The third kappa shape index (κ3) is 7.08. The van der Waals surface area contributed by atoms with Gasteiger partial charge in [0.25, 0.3) is 5.91 Å². The fourth-order valence-electron chi connectivity index (χ4n) is 3.79. The third-order valence-corrected chi connectivity index (χ3v) is 6.65. The Hall–Kier alpha value is -2.38. The molecule has 168 valence electrons. The predicted molar refractivity (Wildman–Crippen MR) is 126 cm³/mol. The number of carbonyl (C=O) groups excluding carboxylic acids is 2. The van der Waals surface area contributed by atoms with Gasteiger partial charge in [-0.1, -0.05) is 25.1 Å². The van der Waals surface area contributed by atoms with E-state index >= 15 is 0 Å². The van der Waals surface area contributed by atoms with Crippen LogP contribution in [0.2, 0.25) is 0 Å². The highest BCUT2D eigenvalue weighted by Crippen LogP contribution is 2.29. The lowest BCUT2D eigenvalue weighted by Gasteiger charge is -2.36. The molecule has 1 aromatic carbocycles. The quantitative estimate of drug-likeness (QED) is 0.575. The second-order valence-corrected chi connectivity index (χ2v) is 9.62. The van der Waals surface area contributed by atoms with Crippen molar-refractivity contribution in [3.05, 3.63) is 57.8 Å². The van der Waals surface area contributed by atoms with E-state index < -0.39 is 0 Å². The summed E-state index contributed by atoms with van der Waals surface area (Å²) in [5.74, 6) is 0.711. The van der Waals surface area contributed by atoms with Crippen molar-refractivity contribution in [2.24, 2.45) is 5.92 Å². The molecule has 2 aromatic rings. The first-order chi connectivity index (χ1) is 14.9. The van der Waals surface area contributed by atoms with Crippen molar-refractivity contribution in [2.75, 3.05) is 19.6 Å². The van der Waals surface area contributed by atoms with E-state index in [1.54, 1.807) is 11.3 Å². The summed E-state index contributed by atoms with van der Waals surface area (Å²) in [7, 11) is 0. The molecule has 0 spiro atoms. The van der Waals surface area contributed by atoms with Crippen LogP contribution in [0.4, 0.5) is 4.79 Å². The highest BCUT2D eigenvalue weighted by molar-refractivity contribution is 7.10. The average Bonchev–Trinajstić information content (AvgIpc) is 3.28. The molecule has 6 nitrogen and oxygen atoms in total. The van der Waals surface area contributed by atoms with Crippen LogP contribution in [0, 0.1) is 5.92 Å². The van der Waals surface area contributed by atoms with Gasteiger partial charge in [-0.05, 0) is 74.8 Å². The fourth-order valence-corrected chi connectivity index (χ4v) is 4.65. The van der Waals surface area contributed by atoms with E-state index in [0.717, 1.165) is 24.6 Å². The number of piperidine rings is 1. The van der Waals surface area contributed by atoms with Gasteiger partial charge in [0.05, 0.1) is 6.04 Å². The van der Waals surface area contributed by atoms with E-state index in [1.165, 1.54) is 17.7 Å². The van der Waals surface area contributed by atoms with E-state index in [0.29, 0.717) is 18.7 Å². The molecule has 3 rings (SSSR count). The Balaban J connectivity index is 1.54. The Morgan fingerprint density at radius 3 is 2.42 bits per heavy atom. The number of nitrogens with zero attached hydrogens (tertiary/aromatic N) is 1. The number of hydrogen-bond acceptors (Lipinski definition) is 4. The van der Waals surface area contributed by atoms with E-state index in [4.69, 9.17) is 0 Å². The maximum absolute atomic E-state index is 12.7. The van der Waals surface area contributed by atoms with Crippen molar-refractivity contribution >= 4 is 23.3 Å². The van der Waals surface area contributed by atoms with Gasteiger partial charge >= 0.3 is 6.03 Å². The topological polar surface area (TPSA) is 73.5 Å². The van der Waals surface area contributed by atoms with Crippen molar-refractivity contribution < 1.29 is 9.59 Å². The molecule has 3 amide bonds. The van der Waals surface area contributed by atoms with Gasteiger partial charge in [0.1, 0.15) is 0 Å². The summed E-state index contributed by atoms with van der Waals surface area (Å²) in [6, 6.07) is 11.8. The van der Waals surface area contributed by atoms with E-state index in [2.05, 4.69) is 45.3 Å². The van der Waals surface area contributed by atoms with E-state index in [1.807, 2.05) is 38.1 Å². The van der Waals surface area contributed by atoms with Crippen LogP contribution in [0.25, 0.3) is 0 Å². The maximum atomic E-state index is 12.7. The molecule has 0 bridgehead atoms. The zero-order chi connectivity index (χ0) is 22.2. The monoisotopic (exact) mass is 442 g/mol. The van der Waals surface area contributed by atoms with Gasteiger partial charge in [-0.15, -0.1) is 11.3 Å². The van der Waals surface area contributed by atoms with Crippen molar-refractivity contribution in [3.63, 3.8) is 0 Å². The number of amides is 3. The van der Waals surface area contributed by atoms with Crippen molar-refractivity contribution in [2.45, 2.75) is 52.2 Å². The summed E-state index contributed by atoms with van der Waals surface area (Å²) < 4.78 is 0. The van der Waals surface area contributed by atoms with Crippen molar-refractivity contribution in [1.29, 1.82) is 0 Å². The number of nitrogens with one attached hydrogen (secondary N) is 3. The molecule has 31 heavy (non-hydrogen) atoms. The first-order valence-corrected chi connectivity index (χ1v) is 12.0. The summed E-state index contributed by atoms with van der Waals surface area (Å²) in [4.78, 5) is 28.3. The van der Waals surface area contributed by atoms with Crippen LogP contribution >= 0.6 is 11.3 Å². The molecule has 1 saturated heterocycles. The lowest BCUT2D eigenvalue weighted by atomic mass is 9.97. The van der Waals surface area contributed by atoms with Crippen LogP contribution in [0.5, 0.6) is 0 Å². The molecular weight excluding hydrogens is 408 g/mol. The Bertz CT molecular complexity index is 828. The number of hydrogen-bond donors (Lipinski definition) is 3. The first-order valence-electron chi connectivity index (χ1n) is 11.1. The van der Waals surface area contributed by atoms with Crippen LogP contribution in [0.15, 0.2) is 41.8 Å². The molecule has 3 N–H and O–H groups in total. The standard InChI is InChI=1S/C24H34N4O2S/c1-17(2)27-24(30)26-15-19-6-8-20(9-7-19)23(29)25-16-21(22-5-4-14-31-22)28-12-10-18(3)11-13-28/h4-9,14,17-18,21H,10-13,15-16H2,1-3H3,(H,25,29)(H2,26,27,30). The summed E-state index contributed by atoms with van der Waals surface area (Å²) in [6.45, 7) is 9.33. The van der Waals surface area contributed by atoms with Crippen LogP contribution < -0.4 is 16.0 Å². The maximum Gasteiger partial charge on any atom is 0.315 e. The predicted octanol–water partition coefficient (Wildman–Crippen LogP) is 4.16. The largest absolute Gasteiger partial charge is 0.350 e. The molecular formula is C24H34N4O2S. The van der Waals surface area contributed by atoms with Gasteiger partial charge in [-0.2, -0.15) is 0 Å². The second-order valence-electron chi connectivity index (χ2n) is 8.64. The number of thiophene rings is 1. The van der Waals surface area contributed by atoms with Crippen LogP contribution in [0.3, 0.4) is 0 Å². The normalized spacial score (nSPS) is 16.1. The summed E-state index contributed by atoms with van der Waals surface area (Å²) in [5.41, 5.74) is 1.59. The van der Waals surface area contributed by atoms with E-state index in [9.17, 15) is 9.59 Å². The molecule has 1 atom stereocenters. The van der Waals surface area contributed by atoms with E-state index in [-0.39, 0.29) is 24.0 Å². The molecule has 1 aromatic heterocycles. The molecule has 1 unspecified atom stereocenters. The van der Waals surface area contributed by atoms with Crippen LogP contribution in [0.1, 0.15) is 60.5 Å². The Morgan fingerprint density at radius 1 is 1.10 bits per heavy atom. The second kappa shape index (κ2) is 11.3. The van der Waals surface area contributed by atoms with Gasteiger partial charge in [0.2, 0.25) is 0 Å². The van der Waals surface area contributed by atoms with Gasteiger partial charge in [-0.3, -0.25) is 9.69 Å². The number of rotatable bonds is 8. The molecule has 0 aliphatic carbocycles. The SMILES string of the molecule is CC1CCN(C(CNC(=O)c2ccc(CNC(=O)NC(C)C)cc2)c2cccs2)CC1. The summed E-state index contributed by atoms with van der Waals surface area (Å²) in [6.07, 6.45) is 2.42. The zero-order valence-electron chi connectivity index (χ0n) is 18.7. The Morgan fingerprint density at radius 2 is 1.81 bits per heavy atom. The minimum absolute atomic E-state index is 0.0657. The molecule has 0 radical (unpaired) electrons. The number of likely N-dealkylation sites (tertiary alicyclic amines) is 1. The number of urea groups is 1. The lowest BCUT2D eigenvalue weighted by Crippen LogP contribution is -2.41. The zero-order valence-corrected chi connectivity index (χ0v) is 19.5. The number of benzene rings is 1. The minimum atomic E-state index is -0.191. The summed E-state index contributed by atoms with van der Waals surface area (Å²) >= 11 is 1.75. The van der Waals surface area contributed by atoms with Crippen LogP contribution in [-0.2, 0) is 6.54 Å². The van der Waals surface area contributed by atoms with Crippen molar-refractivity contribution in [3.8, 4) is 0 Å². The highest BCUT2D eigenvalue weighted by Gasteiger charge is 2.25. The van der Waals surface area contributed by atoms with Gasteiger partial charge in [0, 0.05) is 29.6 Å². The smallest absolute Gasteiger partial charge is 0.315 e. The lowest BCUT2D eigenvalue weighted by molar-refractivity contribution is 0.0915. The minimum Gasteiger partial charge on any atom is -0.350 e. The molecule has 0 saturated carbocycles. The highest BCUT2D eigenvalue weighted by atomic mass is 32.1. The van der Waals surface area contributed by atoms with Crippen molar-refractivity contribution in [1.82, 2.24) is 20.9 Å².